The van der Waals surface area contributed by atoms with Gasteiger partial charge in [0.15, 0.2) is 5.78 Å². The van der Waals surface area contributed by atoms with Crippen LogP contribution >= 0.6 is 0 Å². The second-order valence-corrected chi connectivity index (χ2v) is 4.10. The van der Waals surface area contributed by atoms with Crippen molar-refractivity contribution < 1.29 is 4.79 Å². The van der Waals surface area contributed by atoms with Crippen LogP contribution in [-0.4, -0.2) is 15.8 Å². The summed E-state index contributed by atoms with van der Waals surface area (Å²) in [6, 6.07) is 3.52. The van der Waals surface area contributed by atoms with Gasteiger partial charge in [0, 0.05) is 24.2 Å². The Morgan fingerprint density at radius 2 is 2.11 bits per heavy atom. The lowest BCUT2D eigenvalue weighted by molar-refractivity contribution is 0.103. The first-order valence-electron chi connectivity index (χ1n) is 5.83. The number of aromatic nitrogens is 2. The van der Waals surface area contributed by atoms with Gasteiger partial charge in [-0.05, 0) is 36.6 Å². The number of carbonyl (C=O) groups is 1. The van der Waals surface area contributed by atoms with Gasteiger partial charge < -0.3 is 5.73 Å². The predicted molar refractivity (Wildman–Crippen MR) is 70.4 cm³/mol. The van der Waals surface area contributed by atoms with Gasteiger partial charge in [-0.2, -0.15) is 0 Å². The van der Waals surface area contributed by atoms with Crippen LogP contribution < -0.4 is 5.73 Å². The Labute approximate surface area is 106 Å². The smallest absolute Gasteiger partial charge is 0.197 e. The van der Waals surface area contributed by atoms with Crippen LogP contribution in [0.25, 0.3) is 0 Å². The molecule has 0 saturated carbocycles. The molecule has 0 spiro atoms. The molecule has 0 saturated heterocycles. The molecule has 0 aromatic carbocycles. The minimum Gasteiger partial charge on any atom is -0.383 e. The molecule has 0 atom stereocenters. The molecule has 0 bridgehead atoms. The highest BCUT2D eigenvalue weighted by Crippen LogP contribution is 2.20. The molecule has 0 aliphatic heterocycles. The third-order valence-electron chi connectivity index (χ3n) is 2.94. The molecule has 2 aromatic rings. The molecule has 2 heterocycles. The number of nitrogens with zero attached hydrogens (tertiary/aromatic N) is 2. The standard InChI is InChI=1S/C14H15N3O/c1-3-10-8-16-6-5-11(10)13(18)12-9(2)4-7-17-14(12)15/h4-8H,3H2,1-2H3,(H2,15,17). The Morgan fingerprint density at radius 3 is 2.78 bits per heavy atom. The van der Waals surface area contributed by atoms with Crippen LogP contribution in [-0.2, 0) is 6.42 Å². The molecule has 2 aromatic heterocycles. The van der Waals surface area contributed by atoms with E-state index in [9.17, 15) is 4.79 Å². The van der Waals surface area contributed by atoms with Crippen LogP contribution in [0.2, 0.25) is 0 Å². The van der Waals surface area contributed by atoms with Crippen molar-refractivity contribution in [1.82, 2.24) is 9.97 Å². The summed E-state index contributed by atoms with van der Waals surface area (Å²) in [7, 11) is 0. The highest BCUT2D eigenvalue weighted by molar-refractivity contribution is 6.13. The van der Waals surface area contributed by atoms with Gasteiger partial charge in [0.1, 0.15) is 5.82 Å². The fourth-order valence-corrected chi connectivity index (χ4v) is 1.94. The SMILES string of the molecule is CCc1cnccc1C(=O)c1c(C)ccnc1N. The van der Waals surface area contributed by atoms with Crippen molar-refractivity contribution in [3.05, 3.63) is 53.0 Å². The van der Waals surface area contributed by atoms with Gasteiger partial charge in [-0.1, -0.05) is 6.92 Å². The largest absolute Gasteiger partial charge is 0.383 e. The van der Waals surface area contributed by atoms with Crippen molar-refractivity contribution >= 4 is 11.6 Å². The van der Waals surface area contributed by atoms with Gasteiger partial charge >= 0.3 is 0 Å². The zero-order valence-electron chi connectivity index (χ0n) is 10.5. The average molecular weight is 241 g/mol. The number of hydrogen-bond acceptors (Lipinski definition) is 4. The number of nitrogens with two attached hydrogens (primary N) is 1. The van der Waals surface area contributed by atoms with Crippen molar-refractivity contribution in [2.24, 2.45) is 0 Å². The predicted octanol–water partition coefficient (Wildman–Crippen LogP) is 2.16. The minimum atomic E-state index is -0.0858. The van der Waals surface area contributed by atoms with E-state index in [1.54, 1.807) is 30.7 Å². The third kappa shape index (κ3) is 2.09. The first-order chi connectivity index (χ1) is 8.65. The molecule has 0 aliphatic carbocycles. The minimum absolute atomic E-state index is 0.0858. The zero-order valence-corrected chi connectivity index (χ0v) is 10.5. The number of aryl methyl sites for hydroxylation is 2. The highest BCUT2D eigenvalue weighted by atomic mass is 16.1. The summed E-state index contributed by atoms with van der Waals surface area (Å²) in [6.45, 7) is 3.85. The fourth-order valence-electron chi connectivity index (χ4n) is 1.94. The van der Waals surface area contributed by atoms with Gasteiger partial charge in [-0.25, -0.2) is 4.98 Å². The fraction of sp³-hybridized carbons (Fsp3) is 0.214. The van der Waals surface area contributed by atoms with Crippen LogP contribution in [0.5, 0.6) is 0 Å². The summed E-state index contributed by atoms with van der Waals surface area (Å²) < 4.78 is 0. The Bertz CT molecular complexity index is 573. The lowest BCUT2D eigenvalue weighted by Gasteiger charge is -2.10. The van der Waals surface area contributed by atoms with E-state index in [4.69, 9.17) is 5.73 Å². The molecular formula is C14H15N3O. The average Bonchev–Trinajstić information content (AvgIpc) is 2.38. The molecule has 4 heteroatoms. The van der Waals surface area contributed by atoms with E-state index in [2.05, 4.69) is 9.97 Å². The van der Waals surface area contributed by atoms with E-state index >= 15 is 0 Å². The molecular weight excluding hydrogens is 226 g/mol. The molecule has 0 aliphatic rings. The van der Waals surface area contributed by atoms with E-state index < -0.39 is 0 Å². The first kappa shape index (κ1) is 12.2. The highest BCUT2D eigenvalue weighted by Gasteiger charge is 2.18. The number of ketones is 1. The van der Waals surface area contributed by atoms with E-state index in [0.29, 0.717) is 11.1 Å². The third-order valence-corrected chi connectivity index (χ3v) is 2.94. The lowest BCUT2D eigenvalue weighted by Crippen LogP contribution is -2.11. The van der Waals surface area contributed by atoms with Crippen LogP contribution in [0.4, 0.5) is 5.82 Å². The summed E-state index contributed by atoms with van der Waals surface area (Å²) in [5, 5.41) is 0. The number of pyridine rings is 2. The molecule has 0 fully saturated rings. The van der Waals surface area contributed by atoms with E-state index in [-0.39, 0.29) is 11.6 Å². The van der Waals surface area contributed by atoms with Crippen molar-refractivity contribution in [2.45, 2.75) is 20.3 Å². The van der Waals surface area contributed by atoms with Gasteiger partial charge in [0.2, 0.25) is 0 Å². The van der Waals surface area contributed by atoms with Gasteiger partial charge in [-0.3, -0.25) is 9.78 Å². The van der Waals surface area contributed by atoms with Crippen molar-refractivity contribution in [3.63, 3.8) is 0 Å². The molecule has 0 amide bonds. The Hall–Kier alpha value is -2.23. The van der Waals surface area contributed by atoms with Crippen LogP contribution in [0, 0.1) is 6.92 Å². The number of carbonyl (C=O) groups excluding carboxylic acids is 1. The Kier molecular flexibility index (Phi) is 3.37. The van der Waals surface area contributed by atoms with Crippen molar-refractivity contribution in [2.75, 3.05) is 5.73 Å². The molecule has 0 radical (unpaired) electrons. The van der Waals surface area contributed by atoms with Gasteiger partial charge in [-0.15, -0.1) is 0 Å². The Balaban J connectivity index is 2.55. The summed E-state index contributed by atoms with van der Waals surface area (Å²) in [6.07, 6.45) is 5.70. The van der Waals surface area contributed by atoms with Gasteiger partial charge in [0.05, 0.1) is 5.56 Å². The maximum Gasteiger partial charge on any atom is 0.197 e. The van der Waals surface area contributed by atoms with Crippen LogP contribution in [0.3, 0.4) is 0 Å². The molecule has 0 unspecified atom stereocenters. The summed E-state index contributed by atoms with van der Waals surface area (Å²) in [5.41, 5.74) is 8.70. The lowest BCUT2D eigenvalue weighted by atomic mass is 9.96. The van der Waals surface area contributed by atoms with Crippen LogP contribution in [0.15, 0.2) is 30.7 Å². The number of anilines is 1. The normalized spacial score (nSPS) is 10.3. The van der Waals surface area contributed by atoms with E-state index in [0.717, 1.165) is 17.5 Å². The number of hydrogen-bond donors (Lipinski definition) is 1. The van der Waals surface area contributed by atoms with E-state index in [1.807, 2.05) is 13.8 Å². The summed E-state index contributed by atoms with van der Waals surface area (Å²) in [5.74, 6) is 0.191. The Morgan fingerprint density at radius 1 is 1.33 bits per heavy atom. The van der Waals surface area contributed by atoms with E-state index in [1.165, 1.54) is 0 Å². The molecule has 2 N–H and O–H groups in total. The van der Waals surface area contributed by atoms with Crippen molar-refractivity contribution in [1.29, 1.82) is 0 Å². The first-order valence-corrected chi connectivity index (χ1v) is 5.83. The number of rotatable bonds is 3. The summed E-state index contributed by atoms with van der Waals surface area (Å²) in [4.78, 5) is 20.5. The quantitative estimate of drug-likeness (QED) is 0.836. The molecule has 4 nitrogen and oxygen atoms in total. The van der Waals surface area contributed by atoms with Gasteiger partial charge in [0.25, 0.3) is 0 Å². The molecule has 2 rings (SSSR count). The monoisotopic (exact) mass is 241 g/mol. The topological polar surface area (TPSA) is 68.9 Å². The summed E-state index contributed by atoms with van der Waals surface area (Å²) >= 11 is 0. The zero-order chi connectivity index (χ0) is 13.1. The second-order valence-electron chi connectivity index (χ2n) is 4.10. The maximum absolute atomic E-state index is 12.5. The molecule has 92 valence electrons. The van der Waals surface area contributed by atoms with Crippen LogP contribution in [0.1, 0.15) is 34.0 Å². The maximum atomic E-state index is 12.5. The van der Waals surface area contributed by atoms with Crippen molar-refractivity contribution in [3.8, 4) is 0 Å². The molecule has 18 heavy (non-hydrogen) atoms. The number of nitrogen functional groups attached to an aromatic ring is 1. The second kappa shape index (κ2) is 4.96.